The van der Waals surface area contributed by atoms with Crippen molar-refractivity contribution in [3.8, 4) is 0 Å². The van der Waals surface area contributed by atoms with Crippen LogP contribution < -0.4 is 0 Å². The Labute approximate surface area is 194 Å². The van der Waals surface area contributed by atoms with E-state index in [1.807, 2.05) is 0 Å². The van der Waals surface area contributed by atoms with Crippen molar-refractivity contribution in [2.45, 2.75) is 73.8 Å². The lowest BCUT2D eigenvalue weighted by molar-refractivity contribution is -0.424. The van der Waals surface area contributed by atoms with Crippen molar-refractivity contribution in [2.75, 3.05) is 13.2 Å². The molecule has 11 atom stereocenters. The van der Waals surface area contributed by atoms with E-state index in [4.69, 9.17) is 23.7 Å². The van der Waals surface area contributed by atoms with Crippen LogP contribution in [0.3, 0.4) is 0 Å². The Bertz CT molecular complexity index is 990. The molecule has 34 heavy (non-hydrogen) atoms. The van der Waals surface area contributed by atoms with E-state index in [-0.39, 0.29) is 19.4 Å². The molecule has 0 amide bonds. The summed E-state index contributed by atoms with van der Waals surface area (Å²) >= 11 is 0. The molecule has 3 aliphatic carbocycles. The number of hydrogen-bond acceptors (Lipinski definition) is 11. The lowest BCUT2D eigenvalue weighted by Crippen LogP contribution is -2.80. The highest BCUT2D eigenvalue weighted by Crippen LogP contribution is 2.81. The van der Waals surface area contributed by atoms with Gasteiger partial charge in [0, 0.05) is 12.3 Å². The topological polar surface area (TPSA) is 164 Å². The van der Waals surface area contributed by atoms with Crippen molar-refractivity contribution in [2.24, 2.45) is 11.3 Å². The predicted octanol–water partition coefficient (Wildman–Crippen LogP) is -1.36. The average molecular weight is 480 g/mol. The lowest BCUT2D eigenvalue weighted by atomic mass is 9.41. The van der Waals surface area contributed by atoms with E-state index < -0.39 is 77.9 Å². The van der Waals surface area contributed by atoms with Gasteiger partial charge >= 0.3 is 5.97 Å². The van der Waals surface area contributed by atoms with Gasteiger partial charge in [-0.05, 0) is 25.5 Å². The SMILES string of the molecule is C[C@@]12C[C@@]3(O)O[C@H](O1)[C@]1(CO)[C@@H]3C[C@@]12O[C@@H]1O[C@H](COC(=O)c2ccccc2)[C@@H](O)[C@H](O)[C@H]1O. The van der Waals surface area contributed by atoms with Crippen LogP contribution in [0.1, 0.15) is 30.1 Å². The van der Waals surface area contributed by atoms with Gasteiger partial charge in [-0.2, -0.15) is 0 Å². The lowest BCUT2D eigenvalue weighted by Gasteiger charge is -2.67. The number of carbonyl (C=O) groups excluding carboxylic acids is 1. The first kappa shape index (κ1) is 22.8. The summed E-state index contributed by atoms with van der Waals surface area (Å²) in [5.41, 5.74) is -2.95. The highest BCUT2D eigenvalue weighted by Gasteiger charge is 2.94. The average Bonchev–Trinajstić information content (AvgIpc) is 3.00. The van der Waals surface area contributed by atoms with Crippen LogP contribution in [0.4, 0.5) is 0 Å². The molecule has 11 heteroatoms. The second-order valence-corrected chi connectivity index (χ2v) is 10.2. The van der Waals surface area contributed by atoms with Gasteiger partial charge in [0.1, 0.15) is 42.2 Å². The first-order valence-corrected chi connectivity index (χ1v) is 11.4. The van der Waals surface area contributed by atoms with Crippen molar-refractivity contribution in [1.29, 1.82) is 0 Å². The maximum absolute atomic E-state index is 12.3. The number of ether oxygens (including phenoxy) is 5. The highest BCUT2D eigenvalue weighted by atomic mass is 16.8. The number of aliphatic hydroxyl groups is 5. The van der Waals surface area contributed by atoms with Crippen molar-refractivity contribution in [1.82, 2.24) is 0 Å². The van der Waals surface area contributed by atoms with Gasteiger partial charge in [0.05, 0.1) is 17.6 Å². The summed E-state index contributed by atoms with van der Waals surface area (Å²) in [5.74, 6) is -2.49. The molecule has 0 radical (unpaired) electrons. The molecular weight excluding hydrogens is 452 g/mol. The fourth-order valence-electron chi connectivity index (χ4n) is 6.86. The fraction of sp³-hybridized carbons (Fsp3) is 0.696. The number of carbonyl (C=O) groups is 1. The molecule has 4 saturated heterocycles. The van der Waals surface area contributed by atoms with E-state index in [1.54, 1.807) is 37.3 Å². The minimum absolute atomic E-state index is 0.106. The Hall–Kier alpha value is -1.67. The van der Waals surface area contributed by atoms with E-state index in [9.17, 15) is 30.3 Å². The van der Waals surface area contributed by atoms with Crippen molar-refractivity contribution in [3.63, 3.8) is 0 Å². The summed E-state index contributed by atoms with van der Waals surface area (Å²) in [6.45, 7) is 0.977. The molecule has 0 unspecified atom stereocenters. The number of benzene rings is 1. The zero-order chi connectivity index (χ0) is 24.1. The highest BCUT2D eigenvalue weighted by molar-refractivity contribution is 5.89. The molecule has 0 aromatic heterocycles. The standard InChI is InChI=1S/C23H28O11/c1-20-9-22(29)13-7-23(20,21(13,10-24)19(33-20)34-22)32-18-16(27)15(26)14(25)12(31-18)8-30-17(28)11-5-3-2-4-6-11/h2-6,12-16,18-19,24-27,29H,7-10H2,1H3/t12-,13+,14-,15+,16-,18+,19+,20+,21+,22-,23+/m1/s1. The van der Waals surface area contributed by atoms with Crippen LogP contribution in [0.15, 0.2) is 30.3 Å². The van der Waals surface area contributed by atoms with Crippen LogP contribution in [0.25, 0.3) is 0 Å². The van der Waals surface area contributed by atoms with E-state index in [1.165, 1.54) is 0 Å². The molecule has 4 heterocycles. The molecule has 1 aromatic carbocycles. The predicted molar refractivity (Wildman–Crippen MR) is 109 cm³/mol. The Morgan fingerprint density at radius 1 is 1.12 bits per heavy atom. The minimum atomic E-state index is -1.64. The van der Waals surface area contributed by atoms with Crippen LogP contribution in [0.5, 0.6) is 0 Å². The number of esters is 1. The zero-order valence-electron chi connectivity index (χ0n) is 18.4. The van der Waals surface area contributed by atoms with E-state index >= 15 is 0 Å². The number of hydrogen-bond donors (Lipinski definition) is 5. The van der Waals surface area contributed by atoms with Crippen LogP contribution in [0, 0.1) is 11.3 Å². The van der Waals surface area contributed by atoms with Gasteiger partial charge in [0.25, 0.3) is 0 Å². The molecule has 7 aliphatic rings. The molecule has 3 saturated carbocycles. The molecule has 1 aromatic rings. The molecule has 0 spiro atoms. The Balaban J connectivity index is 1.22. The molecule has 7 fully saturated rings. The van der Waals surface area contributed by atoms with Gasteiger partial charge in [-0.25, -0.2) is 4.79 Å². The first-order valence-electron chi connectivity index (χ1n) is 11.4. The smallest absolute Gasteiger partial charge is 0.338 e. The maximum Gasteiger partial charge on any atom is 0.338 e. The second kappa shape index (κ2) is 7.19. The minimum Gasteiger partial charge on any atom is -0.459 e. The van der Waals surface area contributed by atoms with Crippen molar-refractivity contribution >= 4 is 5.97 Å². The van der Waals surface area contributed by atoms with Crippen LogP contribution in [-0.4, -0.2) is 98.7 Å². The Morgan fingerprint density at radius 3 is 2.56 bits per heavy atom. The third-order valence-corrected chi connectivity index (χ3v) is 8.59. The summed E-state index contributed by atoms with van der Waals surface area (Å²) in [5, 5.41) is 52.9. The summed E-state index contributed by atoms with van der Waals surface area (Å²) in [4.78, 5) is 12.3. The summed E-state index contributed by atoms with van der Waals surface area (Å²) < 4.78 is 29.1. The molecular formula is C23H28O11. The van der Waals surface area contributed by atoms with Gasteiger partial charge in [0.15, 0.2) is 18.4 Å². The molecule has 186 valence electrons. The zero-order valence-corrected chi connectivity index (χ0v) is 18.4. The quantitative estimate of drug-likeness (QED) is 0.306. The van der Waals surface area contributed by atoms with E-state index in [2.05, 4.69) is 0 Å². The summed E-state index contributed by atoms with van der Waals surface area (Å²) in [6, 6.07) is 8.27. The van der Waals surface area contributed by atoms with Gasteiger partial charge in [-0.15, -0.1) is 0 Å². The van der Waals surface area contributed by atoms with Gasteiger partial charge in [-0.3, -0.25) is 0 Å². The van der Waals surface area contributed by atoms with Crippen LogP contribution in [0.2, 0.25) is 0 Å². The Morgan fingerprint density at radius 2 is 1.85 bits per heavy atom. The first-order chi connectivity index (χ1) is 16.1. The molecule has 6 bridgehead atoms. The molecule has 11 nitrogen and oxygen atoms in total. The van der Waals surface area contributed by atoms with Crippen molar-refractivity contribution < 1.29 is 54.0 Å². The van der Waals surface area contributed by atoms with Crippen LogP contribution in [-0.2, 0) is 23.7 Å². The molecule has 5 N–H and O–H groups in total. The Kier molecular flexibility index (Phi) is 4.81. The second-order valence-electron chi connectivity index (χ2n) is 10.2. The molecule has 8 rings (SSSR count). The molecule has 4 aliphatic heterocycles. The normalized spacial score (nSPS) is 52.5. The van der Waals surface area contributed by atoms with Gasteiger partial charge < -0.3 is 49.2 Å². The largest absolute Gasteiger partial charge is 0.459 e. The van der Waals surface area contributed by atoms with Gasteiger partial charge in [0.2, 0.25) is 0 Å². The summed E-state index contributed by atoms with van der Waals surface area (Å²) in [6.07, 6.45) is -7.90. The number of aliphatic hydroxyl groups excluding tert-OH is 4. The maximum atomic E-state index is 12.3. The third-order valence-electron chi connectivity index (χ3n) is 8.59. The van der Waals surface area contributed by atoms with Crippen molar-refractivity contribution in [3.05, 3.63) is 35.9 Å². The monoisotopic (exact) mass is 480 g/mol. The van der Waals surface area contributed by atoms with Crippen LogP contribution >= 0.6 is 0 Å². The fourth-order valence-corrected chi connectivity index (χ4v) is 6.86. The number of rotatable bonds is 6. The third kappa shape index (κ3) is 2.59. The van der Waals surface area contributed by atoms with Gasteiger partial charge in [-0.1, -0.05) is 18.2 Å². The summed E-state index contributed by atoms with van der Waals surface area (Å²) in [7, 11) is 0. The van der Waals surface area contributed by atoms with E-state index in [0.29, 0.717) is 5.56 Å². The van der Waals surface area contributed by atoms with E-state index in [0.717, 1.165) is 0 Å².